The van der Waals surface area contributed by atoms with Crippen molar-refractivity contribution in [3.8, 4) is 0 Å². The number of benzene rings is 1. The molecule has 1 aliphatic heterocycles. The van der Waals surface area contributed by atoms with Crippen molar-refractivity contribution in [2.45, 2.75) is 6.42 Å². The predicted molar refractivity (Wildman–Crippen MR) is 61.0 cm³/mol. The molecule has 1 aliphatic rings. The van der Waals surface area contributed by atoms with Crippen molar-refractivity contribution in [3.63, 3.8) is 0 Å². The summed E-state index contributed by atoms with van der Waals surface area (Å²) in [6.45, 7) is 0. The summed E-state index contributed by atoms with van der Waals surface area (Å²) in [5, 5.41) is 0.846. The molecule has 1 aromatic carbocycles. The first kappa shape index (κ1) is 10.3. The highest BCUT2D eigenvalue weighted by molar-refractivity contribution is 7.95. The quantitative estimate of drug-likeness (QED) is 0.750. The van der Waals surface area contributed by atoms with Crippen LogP contribution in [0.5, 0.6) is 0 Å². The highest BCUT2D eigenvalue weighted by Crippen LogP contribution is 2.33. The molecule has 1 fully saturated rings. The lowest BCUT2D eigenvalue weighted by Crippen LogP contribution is -2.22. The van der Waals surface area contributed by atoms with Crippen molar-refractivity contribution in [3.05, 3.63) is 28.2 Å². The summed E-state index contributed by atoms with van der Waals surface area (Å²) in [5.74, 6) is 1.35. The summed E-state index contributed by atoms with van der Waals surface area (Å²) in [6.07, 6.45) is 0.987. The van der Waals surface area contributed by atoms with Gasteiger partial charge in [-0.2, -0.15) is 4.36 Å². The Hall–Kier alpha value is -0.250. The molecule has 2 rings (SSSR count). The number of hydrogen-bond acceptors (Lipinski definition) is 2. The van der Waals surface area contributed by atoms with Crippen LogP contribution in [0.1, 0.15) is 6.42 Å². The van der Waals surface area contributed by atoms with Crippen molar-refractivity contribution < 1.29 is 4.21 Å². The monoisotopic (exact) mass is 249 g/mol. The van der Waals surface area contributed by atoms with Gasteiger partial charge >= 0.3 is 0 Å². The normalized spacial score (nSPS) is 18.7. The van der Waals surface area contributed by atoms with E-state index >= 15 is 0 Å². The Morgan fingerprint density at radius 3 is 2.57 bits per heavy atom. The van der Waals surface area contributed by atoms with Crippen LogP contribution in [0.4, 0.5) is 5.69 Å². The average Bonchev–Trinajstić information content (AvgIpc) is 2.10. The lowest BCUT2D eigenvalue weighted by atomic mass is 10.3. The van der Waals surface area contributed by atoms with Crippen LogP contribution >= 0.6 is 23.2 Å². The van der Waals surface area contributed by atoms with Gasteiger partial charge in [0.15, 0.2) is 0 Å². The third-order valence-electron chi connectivity index (χ3n) is 2.12. The Balaban J connectivity index is 2.48. The Morgan fingerprint density at radius 1 is 1.29 bits per heavy atom. The minimum Gasteiger partial charge on any atom is -0.249 e. The van der Waals surface area contributed by atoms with Crippen LogP contribution in [0.25, 0.3) is 0 Å². The smallest absolute Gasteiger partial charge is 0.0931 e. The zero-order valence-electron chi connectivity index (χ0n) is 7.37. The molecule has 0 unspecified atom stereocenters. The zero-order valence-corrected chi connectivity index (χ0v) is 9.70. The van der Waals surface area contributed by atoms with Crippen molar-refractivity contribution in [1.82, 2.24) is 0 Å². The van der Waals surface area contributed by atoms with E-state index in [1.54, 1.807) is 18.2 Å². The molecular weight excluding hydrogens is 241 g/mol. The van der Waals surface area contributed by atoms with E-state index < -0.39 is 9.73 Å². The molecular formula is C9H9Cl2NOS. The lowest BCUT2D eigenvalue weighted by Gasteiger charge is -2.18. The maximum atomic E-state index is 11.8. The van der Waals surface area contributed by atoms with Crippen LogP contribution in [0.15, 0.2) is 22.6 Å². The van der Waals surface area contributed by atoms with Gasteiger partial charge in [0.1, 0.15) is 0 Å². The molecule has 0 aromatic heterocycles. The standard InChI is InChI=1S/C9H9Cl2NOS/c10-7-3-1-4-8(9(7)11)12-14(13)5-2-6-14/h1,3-4H,2,5-6H2. The van der Waals surface area contributed by atoms with Gasteiger partial charge in [0, 0.05) is 11.5 Å². The third-order valence-corrected chi connectivity index (χ3v) is 5.31. The highest BCUT2D eigenvalue weighted by atomic mass is 35.5. The van der Waals surface area contributed by atoms with Crippen LogP contribution in [-0.2, 0) is 9.73 Å². The minimum atomic E-state index is -2.00. The van der Waals surface area contributed by atoms with Gasteiger partial charge in [-0.3, -0.25) is 0 Å². The minimum absolute atomic E-state index is 0.392. The molecule has 0 N–H and O–H groups in total. The van der Waals surface area contributed by atoms with Gasteiger partial charge in [0.2, 0.25) is 0 Å². The Morgan fingerprint density at radius 2 is 2.00 bits per heavy atom. The largest absolute Gasteiger partial charge is 0.249 e. The van der Waals surface area contributed by atoms with E-state index in [2.05, 4.69) is 4.36 Å². The molecule has 0 bridgehead atoms. The second kappa shape index (κ2) is 3.72. The molecule has 1 heterocycles. The first-order valence-electron chi connectivity index (χ1n) is 4.27. The van der Waals surface area contributed by atoms with E-state index in [-0.39, 0.29) is 0 Å². The first-order valence-corrected chi connectivity index (χ1v) is 6.88. The molecule has 76 valence electrons. The highest BCUT2D eigenvalue weighted by Gasteiger charge is 2.19. The van der Waals surface area contributed by atoms with E-state index in [0.29, 0.717) is 27.2 Å². The van der Waals surface area contributed by atoms with Crippen molar-refractivity contribution in [1.29, 1.82) is 0 Å². The molecule has 1 aromatic rings. The van der Waals surface area contributed by atoms with E-state index in [1.165, 1.54) is 0 Å². The molecule has 0 radical (unpaired) electrons. The van der Waals surface area contributed by atoms with Crippen molar-refractivity contribution in [2.75, 3.05) is 11.5 Å². The number of hydrogen-bond donors (Lipinski definition) is 0. The second-order valence-electron chi connectivity index (χ2n) is 3.20. The van der Waals surface area contributed by atoms with Crippen LogP contribution in [0.3, 0.4) is 0 Å². The summed E-state index contributed by atoms with van der Waals surface area (Å²) >= 11 is 11.7. The number of halogens is 2. The predicted octanol–water partition coefficient (Wildman–Crippen LogP) is 3.50. The molecule has 14 heavy (non-hydrogen) atoms. The van der Waals surface area contributed by atoms with Crippen molar-refractivity contribution >= 4 is 38.6 Å². The van der Waals surface area contributed by atoms with Gasteiger partial charge < -0.3 is 0 Å². The molecule has 1 saturated heterocycles. The fourth-order valence-corrected chi connectivity index (χ4v) is 3.09. The second-order valence-corrected chi connectivity index (χ2v) is 6.53. The summed E-state index contributed by atoms with van der Waals surface area (Å²) in [4.78, 5) is 0. The summed E-state index contributed by atoms with van der Waals surface area (Å²) < 4.78 is 16.0. The van der Waals surface area contributed by atoms with Gasteiger partial charge in [0.05, 0.1) is 25.5 Å². The lowest BCUT2D eigenvalue weighted by molar-refractivity contribution is 0.663. The summed E-state index contributed by atoms with van der Waals surface area (Å²) in [6, 6.07) is 5.18. The van der Waals surface area contributed by atoms with Crippen LogP contribution in [-0.4, -0.2) is 15.7 Å². The number of nitrogens with zero attached hydrogens (tertiary/aromatic N) is 1. The van der Waals surface area contributed by atoms with Gasteiger partial charge in [0.25, 0.3) is 0 Å². The Labute approximate surface area is 93.4 Å². The Bertz CT molecular complexity index is 468. The molecule has 0 atom stereocenters. The van der Waals surface area contributed by atoms with E-state index in [1.807, 2.05) is 0 Å². The van der Waals surface area contributed by atoms with Gasteiger partial charge in [-0.1, -0.05) is 29.3 Å². The van der Waals surface area contributed by atoms with Crippen LogP contribution < -0.4 is 0 Å². The van der Waals surface area contributed by atoms with Gasteiger partial charge in [-0.15, -0.1) is 0 Å². The molecule has 2 nitrogen and oxygen atoms in total. The van der Waals surface area contributed by atoms with E-state index in [0.717, 1.165) is 6.42 Å². The topological polar surface area (TPSA) is 29.4 Å². The molecule has 5 heteroatoms. The Kier molecular flexibility index (Phi) is 2.73. The maximum absolute atomic E-state index is 11.8. The zero-order chi connectivity index (χ0) is 10.2. The molecule has 0 aliphatic carbocycles. The van der Waals surface area contributed by atoms with Crippen LogP contribution in [0.2, 0.25) is 10.0 Å². The van der Waals surface area contributed by atoms with Gasteiger partial charge in [-0.25, -0.2) is 4.21 Å². The van der Waals surface area contributed by atoms with Crippen LogP contribution in [0, 0.1) is 0 Å². The molecule has 0 spiro atoms. The summed E-state index contributed by atoms with van der Waals surface area (Å²) in [7, 11) is -2.00. The molecule has 0 saturated carbocycles. The van der Waals surface area contributed by atoms with Crippen molar-refractivity contribution in [2.24, 2.45) is 4.36 Å². The van der Waals surface area contributed by atoms with Gasteiger partial charge in [-0.05, 0) is 18.6 Å². The summed E-state index contributed by atoms with van der Waals surface area (Å²) in [5.41, 5.74) is 0.545. The maximum Gasteiger partial charge on any atom is 0.0931 e. The SMILES string of the molecule is O=S1(=Nc2cccc(Cl)c2Cl)CCC1. The average molecular weight is 250 g/mol. The molecule has 0 amide bonds. The van der Waals surface area contributed by atoms with E-state index in [4.69, 9.17) is 23.2 Å². The first-order chi connectivity index (χ1) is 6.61. The fraction of sp³-hybridized carbons (Fsp3) is 0.333. The van der Waals surface area contributed by atoms with E-state index in [9.17, 15) is 4.21 Å². The fourth-order valence-electron chi connectivity index (χ4n) is 1.22. The third kappa shape index (κ3) is 1.90. The number of rotatable bonds is 1.